The molecule has 0 bridgehead atoms. The Morgan fingerprint density at radius 1 is 1.21 bits per heavy atom. The van der Waals surface area contributed by atoms with Gasteiger partial charge in [0.25, 0.3) is 5.89 Å². The Labute approximate surface area is 108 Å². The summed E-state index contributed by atoms with van der Waals surface area (Å²) in [7, 11) is 0. The van der Waals surface area contributed by atoms with Crippen molar-refractivity contribution in [3.8, 4) is 28.7 Å². The van der Waals surface area contributed by atoms with Gasteiger partial charge in [-0.05, 0) is 36.8 Å². The van der Waals surface area contributed by atoms with Gasteiger partial charge in [-0.2, -0.15) is 4.98 Å². The van der Waals surface area contributed by atoms with Gasteiger partial charge >= 0.3 is 0 Å². The first-order valence-electron chi connectivity index (χ1n) is 5.64. The fourth-order valence-electron chi connectivity index (χ4n) is 1.66. The molecule has 0 saturated carbocycles. The van der Waals surface area contributed by atoms with Crippen LogP contribution in [0.25, 0.3) is 23.0 Å². The maximum atomic E-state index is 9.49. The number of hydrogen-bond donors (Lipinski definition) is 1. The van der Waals surface area contributed by atoms with Crippen molar-refractivity contribution in [1.82, 2.24) is 20.1 Å². The highest BCUT2D eigenvalue weighted by Gasteiger charge is 2.12. The van der Waals surface area contributed by atoms with E-state index in [-0.39, 0.29) is 5.75 Å². The summed E-state index contributed by atoms with van der Waals surface area (Å²) in [6, 6.07) is 6.81. The van der Waals surface area contributed by atoms with E-state index in [1.807, 2.05) is 0 Å². The molecule has 1 N–H and O–H groups in total. The number of hydrogen-bond acceptors (Lipinski definition) is 6. The number of phenolic OH excluding ortho intramolecular Hbond substituents is 1. The molecule has 0 amide bonds. The first-order valence-corrected chi connectivity index (χ1v) is 5.64. The summed E-state index contributed by atoms with van der Waals surface area (Å²) in [5, 5.41) is 13.4. The number of aromatic nitrogens is 4. The lowest BCUT2D eigenvalue weighted by atomic mass is 10.1. The van der Waals surface area contributed by atoms with Gasteiger partial charge in [-0.15, -0.1) is 0 Å². The van der Waals surface area contributed by atoms with Crippen LogP contribution in [0.5, 0.6) is 5.75 Å². The Morgan fingerprint density at radius 2 is 2.11 bits per heavy atom. The standard InChI is InChI=1S/C13H10N4O2/c1-8-6-9(2-3-11(8)18)13-16-12(17-19-13)10-4-5-14-7-15-10/h2-7,18H,1H3. The van der Waals surface area contributed by atoms with Crippen molar-refractivity contribution in [2.24, 2.45) is 0 Å². The summed E-state index contributed by atoms with van der Waals surface area (Å²) in [6.07, 6.45) is 3.04. The van der Waals surface area contributed by atoms with Gasteiger partial charge < -0.3 is 9.63 Å². The minimum atomic E-state index is 0.235. The van der Waals surface area contributed by atoms with Crippen LogP contribution in [0.15, 0.2) is 41.3 Å². The van der Waals surface area contributed by atoms with Gasteiger partial charge in [0.2, 0.25) is 5.82 Å². The Bertz CT molecular complexity index is 710. The smallest absolute Gasteiger partial charge is 0.258 e. The Morgan fingerprint density at radius 3 is 2.84 bits per heavy atom. The van der Waals surface area contributed by atoms with Crippen molar-refractivity contribution < 1.29 is 9.63 Å². The SMILES string of the molecule is Cc1cc(-c2nc(-c3ccncn3)no2)ccc1O. The van der Waals surface area contributed by atoms with Crippen LogP contribution in [-0.4, -0.2) is 25.2 Å². The van der Waals surface area contributed by atoms with Crippen LogP contribution < -0.4 is 0 Å². The molecule has 0 aliphatic heterocycles. The Kier molecular flexibility index (Phi) is 2.68. The molecule has 3 aromatic rings. The third kappa shape index (κ3) is 2.15. The van der Waals surface area contributed by atoms with E-state index < -0.39 is 0 Å². The van der Waals surface area contributed by atoms with Gasteiger partial charge in [0.1, 0.15) is 17.8 Å². The second-order valence-corrected chi connectivity index (χ2v) is 4.02. The van der Waals surface area contributed by atoms with Gasteiger partial charge in [0, 0.05) is 11.8 Å². The largest absolute Gasteiger partial charge is 0.508 e. The molecule has 0 atom stereocenters. The first-order chi connectivity index (χ1) is 9.24. The number of nitrogens with zero attached hydrogens (tertiary/aromatic N) is 4. The van der Waals surface area contributed by atoms with Crippen LogP contribution in [0, 0.1) is 6.92 Å². The van der Waals surface area contributed by atoms with Crippen molar-refractivity contribution in [1.29, 1.82) is 0 Å². The summed E-state index contributed by atoms with van der Waals surface area (Å²) in [4.78, 5) is 12.2. The molecule has 94 valence electrons. The fourth-order valence-corrected chi connectivity index (χ4v) is 1.66. The highest BCUT2D eigenvalue weighted by molar-refractivity contribution is 5.59. The lowest BCUT2D eigenvalue weighted by Crippen LogP contribution is -1.86. The summed E-state index contributed by atoms with van der Waals surface area (Å²) < 4.78 is 5.20. The monoisotopic (exact) mass is 254 g/mol. The van der Waals surface area contributed by atoms with Crippen LogP contribution in [0.2, 0.25) is 0 Å². The maximum Gasteiger partial charge on any atom is 0.258 e. The summed E-state index contributed by atoms with van der Waals surface area (Å²) in [5.41, 5.74) is 2.10. The van der Waals surface area contributed by atoms with E-state index in [9.17, 15) is 5.11 Å². The van der Waals surface area contributed by atoms with Crippen molar-refractivity contribution in [2.45, 2.75) is 6.92 Å². The number of phenols is 1. The predicted molar refractivity (Wildman–Crippen MR) is 67.2 cm³/mol. The summed E-state index contributed by atoms with van der Waals surface area (Å²) in [6.45, 7) is 1.81. The molecule has 1 aromatic carbocycles. The third-order valence-electron chi connectivity index (χ3n) is 2.68. The molecular weight excluding hydrogens is 244 g/mol. The van der Waals surface area contributed by atoms with Crippen LogP contribution in [0.1, 0.15) is 5.56 Å². The van der Waals surface area contributed by atoms with Gasteiger partial charge in [-0.3, -0.25) is 0 Å². The van der Waals surface area contributed by atoms with Gasteiger partial charge in [-0.1, -0.05) is 5.16 Å². The fraction of sp³-hybridized carbons (Fsp3) is 0.0769. The van der Waals surface area contributed by atoms with E-state index in [4.69, 9.17) is 4.52 Å². The molecule has 6 nitrogen and oxygen atoms in total. The minimum absolute atomic E-state index is 0.235. The second kappa shape index (κ2) is 4.49. The molecule has 3 rings (SSSR count). The molecule has 2 heterocycles. The average molecular weight is 254 g/mol. The molecule has 0 aliphatic carbocycles. The molecule has 6 heteroatoms. The van der Waals surface area contributed by atoms with Gasteiger partial charge in [-0.25, -0.2) is 9.97 Å². The van der Waals surface area contributed by atoms with E-state index in [1.54, 1.807) is 37.4 Å². The number of rotatable bonds is 2. The van der Waals surface area contributed by atoms with E-state index >= 15 is 0 Å². The normalized spacial score (nSPS) is 10.6. The van der Waals surface area contributed by atoms with Crippen molar-refractivity contribution in [3.63, 3.8) is 0 Å². The van der Waals surface area contributed by atoms with Gasteiger partial charge in [0.15, 0.2) is 0 Å². The molecule has 0 fully saturated rings. The molecule has 19 heavy (non-hydrogen) atoms. The zero-order valence-electron chi connectivity index (χ0n) is 10.1. The topological polar surface area (TPSA) is 84.9 Å². The quantitative estimate of drug-likeness (QED) is 0.754. The summed E-state index contributed by atoms with van der Waals surface area (Å²) in [5.74, 6) is 1.03. The summed E-state index contributed by atoms with van der Waals surface area (Å²) >= 11 is 0. The van der Waals surface area contributed by atoms with E-state index in [1.165, 1.54) is 6.33 Å². The highest BCUT2D eigenvalue weighted by Crippen LogP contribution is 2.25. The lowest BCUT2D eigenvalue weighted by molar-refractivity contribution is 0.432. The van der Waals surface area contributed by atoms with E-state index in [0.717, 1.165) is 11.1 Å². The molecule has 0 spiro atoms. The molecule has 0 saturated heterocycles. The first kappa shape index (κ1) is 11.3. The van der Waals surface area contributed by atoms with Crippen molar-refractivity contribution >= 4 is 0 Å². The minimum Gasteiger partial charge on any atom is -0.508 e. The Hall–Kier alpha value is -2.76. The van der Waals surface area contributed by atoms with Crippen LogP contribution in [0.3, 0.4) is 0 Å². The van der Waals surface area contributed by atoms with Crippen LogP contribution in [-0.2, 0) is 0 Å². The van der Waals surface area contributed by atoms with Crippen LogP contribution >= 0.6 is 0 Å². The number of benzene rings is 1. The highest BCUT2D eigenvalue weighted by atomic mass is 16.5. The van der Waals surface area contributed by atoms with Crippen molar-refractivity contribution in [2.75, 3.05) is 0 Å². The average Bonchev–Trinajstić information content (AvgIpc) is 2.93. The number of aromatic hydroxyl groups is 1. The molecule has 2 aromatic heterocycles. The zero-order chi connectivity index (χ0) is 13.2. The van der Waals surface area contributed by atoms with Crippen LogP contribution in [0.4, 0.5) is 0 Å². The predicted octanol–water partition coefficient (Wildman–Crippen LogP) is 2.21. The Balaban J connectivity index is 1.99. The van der Waals surface area contributed by atoms with Gasteiger partial charge in [0.05, 0.1) is 0 Å². The number of aryl methyl sites for hydroxylation is 1. The van der Waals surface area contributed by atoms with Crippen molar-refractivity contribution in [3.05, 3.63) is 42.4 Å². The maximum absolute atomic E-state index is 9.49. The lowest BCUT2D eigenvalue weighted by Gasteiger charge is -1.99. The van der Waals surface area contributed by atoms with E-state index in [0.29, 0.717) is 17.4 Å². The zero-order valence-corrected chi connectivity index (χ0v) is 10.1. The molecule has 0 unspecified atom stereocenters. The molecule has 0 aliphatic rings. The van der Waals surface area contributed by atoms with E-state index in [2.05, 4.69) is 20.1 Å². The second-order valence-electron chi connectivity index (χ2n) is 4.02. The molecular formula is C13H10N4O2. The third-order valence-corrected chi connectivity index (χ3v) is 2.68. The molecule has 0 radical (unpaired) electrons.